The van der Waals surface area contributed by atoms with Crippen molar-refractivity contribution in [3.8, 4) is 0 Å². The van der Waals surface area contributed by atoms with Crippen LogP contribution in [0.15, 0.2) is 83.4 Å². The number of H-pyrrole nitrogens is 3. The molecule has 0 aliphatic carbocycles. The lowest BCUT2D eigenvalue weighted by atomic mass is 10.0. The van der Waals surface area contributed by atoms with Crippen molar-refractivity contribution in [3.63, 3.8) is 0 Å². The zero-order valence-electron chi connectivity index (χ0n) is 36.5. The fourth-order valence-electron chi connectivity index (χ4n) is 7.27. The Morgan fingerprint density at radius 2 is 1.03 bits per heavy atom. The summed E-state index contributed by atoms with van der Waals surface area (Å²) in [5.41, 5.74) is 31.1. The molecule has 5 rings (SSSR count). The minimum Gasteiger partial charge on any atom is -0.480 e. The highest BCUT2D eigenvalue weighted by atomic mass is 16.4. The van der Waals surface area contributed by atoms with Gasteiger partial charge >= 0.3 is 5.97 Å². The summed E-state index contributed by atoms with van der Waals surface area (Å²) < 4.78 is 0. The molecule has 6 atom stereocenters. The molecule has 6 unspecified atom stereocenters. The Morgan fingerprint density at radius 1 is 0.597 bits per heavy atom. The van der Waals surface area contributed by atoms with E-state index in [1.54, 1.807) is 24.5 Å². The van der Waals surface area contributed by atoms with Crippen LogP contribution in [0.5, 0.6) is 0 Å². The Balaban J connectivity index is 1.42. The van der Waals surface area contributed by atoms with E-state index >= 15 is 0 Å². The van der Waals surface area contributed by atoms with Crippen LogP contribution in [0.25, 0.3) is 21.8 Å². The van der Waals surface area contributed by atoms with E-state index in [4.69, 9.17) is 28.7 Å². The van der Waals surface area contributed by atoms with E-state index in [9.17, 15) is 39.0 Å². The van der Waals surface area contributed by atoms with Crippen LogP contribution in [0.3, 0.4) is 0 Å². The maximum atomic E-state index is 14.5. The molecule has 0 radical (unpaired) electrons. The fourth-order valence-corrected chi connectivity index (χ4v) is 7.27. The van der Waals surface area contributed by atoms with Crippen LogP contribution < -0.4 is 55.3 Å². The SMILES string of the molecule is NC(N)=NCCCC(NC(=O)C(CCCN=C(N)N)NC(=O)C(Cc1c[nH]c2ccccc12)NC(=O)C(Cc1cnc[nH]1)NC(=O)C(N)CO)C(=O)NC(Cc1c[nH]c2ccccc12)C(=O)O. The van der Waals surface area contributed by atoms with E-state index in [1.807, 2.05) is 36.4 Å². The van der Waals surface area contributed by atoms with Crippen molar-refractivity contribution >= 4 is 69.2 Å². The minimum atomic E-state index is -1.41. The number of guanidine groups is 2. The highest BCUT2D eigenvalue weighted by Crippen LogP contribution is 2.21. The standard InChI is InChI=1S/C43H58N16O8/c44-28(21-60)36(61)57-34(17-25-20-49-22-54-25)40(65)58-33(15-23-18-52-29-9-3-1-7-26(23)29)39(64)56-31(11-5-13-50-42(45)46)37(62)55-32(12-6-14-51-43(47)48)38(63)59-35(41(66)67)16-24-19-53-30-10-4-2-8-27(24)30/h1-4,7-10,18-20,22,28,31-35,52-53,60H,5-6,11-17,21,44H2,(H,49,54)(H,55,62)(H,56,64)(H,57,61)(H,58,65)(H,59,63)(H,66,67)(H4,45,46,50)(H4,47,48,51). The van der Waals surface area contributed by atoms with Gasteiger partial charge in [0.25, 0.3) is 0 Å². The van der Waals surface area contributed by atoms with Crippen molar-refractivity contribution < 1.29 is 39.0 Å². The number of imidazole rings is 1. The van der Waals surface area contributed by atoms with Crippen LogP contribution in [-0.2, 0) is 48.0 Å². The van der Waals surface area contributed by atoms with Crippen molar-refractivity contribution in [2.45, 2.75) is 81.2 Å². The van der Waals surface area contributed by atoms with Crippen LogP contribution in [0.2, 0.25) is 0 Å². The summed E-state index contributed by atoms with van der Waals surface area (Å²) in [6, 6.07) is 6.37. The van der Waals surface area contributed by atoms with E-state index in [2.05, 4.69) is 56.5 Å². The molecule has 3 aromatic heterocycles. The molecule has 20 N–H and O–H groups in total. The van der Waals surface area contributed by atoms with Gasteiger partial charge in [-0.2, -0.15) is 0 Å². The normalized spacial score (nSPS) is 13.8. The first-order valence-corrected chi connectivity index (χ1v) is 21.4. The average Bonchev–Trinajstić information content (AvgIpc) is 4.08. The lowest BCUT2D eigenvalue weighted by Gasteiger charge is -2.27. The summed E-state index contributed by atoms with van der Waals surface area (Å²) in [7, 11) is 0. The summed E-state index contributed by atoms with van der Waals surface area (Å²) >= 11 is 0. The molecule has 0 aliphatic rings. The molecular formula is C43H58N16O8. The Bertz CT molecular complexity index is 2530. The summed E-state index contributed by atoms with van der Waals surface area (Å²) in [6.07, 6.45) is 6.08. The lowest BCUT2D eigenvalue weighted by Crippen LogP contribution is -2.60. The molecular weight excluding hydrogens is 869 g/mol. The summed E-state index contributed by atoms with van der Waals surface area (Å²) in [5, 5.41) is 34.5. The molecule has 67 heavy (non-hydrogen) atoms. The number of aliphatic imine (C=N–C) groups is 2. The molecule has 24 heteroatoms. The number of carbonyl (C=O) groups excluding carboxylic acids is 5. The Hall–Kier alpha value is -7.99. The number of nitrogens with two attached hydrogens (primary N) is 5. The fraction of sp³-hybridized carbons (Fsp3) is 0.372. The monoisotopic (exact) mass is 926 g/mol. The van der Waals surface area contributed by atoms with Crippen molar-refractivity contribution in [2.24, 2.45) is 38.7 Å². The number of rotatable bonds is 26. The molecule has 0 bridgehead atoms. The van der Waals surface area contributed by atoms with Gasteiger partial charge < -0.3 is 80.4 Å². The van der Waals surface area contributed by atoms with Crippen molar-refractivity contribution in [1.29, 1.82) is 0 Å². The van der Waals surface area contributed by atoms with Gasteiger partial charge in [-0.1, -0.05) is 36.4 Å². The molecule has 0 spiro atoms. The number of aliphatic hydroxyl groups is 1. The number of aliphatic carboxylic acids is 1. The molecule has 0 aliphatic heterocycles. The van der Waals surface area contributed by atoms with Gasteiger partial charge in [-0.25, -0.2) is 9.78 Å². The number of hydrogen-bond acceptors (Lipinski definition) is 11. The minimum absolute atomic E-state index is 0.0505. The second kappa shape index (κ2) is 24.3. The molecule has 5 aromatic rings. The number of carboxylic acid groups (broad SMARTS) is 1. The molecule has 24 nitrogen and oxygen atoms in total. The molecule has 0 fully saturated rings. The summed E-state index contributed by atoms with van der Waals surface area (Å²) in [4.78, 5) is 103. The van der Waals surface area contributed by atoms with Gasteiger partial charge in [0, 0.05) is 78.4 Å². The van der Waals surface area contributed by atoms with Crippen molar-refractivity contribution in [1.82, 2.24) is 46.5 Å². The van der Waals surface area contributed by atoms with Crippen LogP contribution >= 0.6 is 0 Å². The van der Waals surface area contributed by atoms with E-state index in [-0.39, 0.29) is 70.0 Å². The topological polar surface area (TPSA) is 418 Å². The number of para-hydroxylation sites is 2. The third-order valence-electron chi connectivity index (χ3n) is 10.7. The van der Waals surface area contributed by atoms with Crippen molar-refractivity contribution in [2.75, 3.05) is 19.7 Å². The van der Waals surface area contributed by atoms with Gasteiger partial charge in [-0.15, -0.1) is 0 Å². The maximum absolute atomic E-state index is 14.5. The molecule has 3 heterocycles. The molecule has 0 saturated carbocycles. The Kier molecular flexibility index (Phi) is 18.2. The molecule has 5 amide bonds. The third kappa shape index (κ3) is 14.8. The zero-order valence-corrected chi connectivity index (χ0v) is 36.5. The highest BCUT2D eigenvalue weighted by Gasteiger charge is 2.34. The number of benzene rings is 2. The number of aromatic amines is 3. The van der Waals surface area contributed by atoms with E-state index in [0.717, 1.165) is 21.8 Å². The van der Waals surface area contributed by atoms with Gasteiger partial charge in [-0.05, 0) is 48.9 Å². The summed E-state index contributed by atoms with van der Waals surface area (Å²) in [5.74, 6) is -5.84. The number of aliphatic hydroxyl groups excluding tert-OH is 1. The predicted octanol–water partition coefficient (Wildman–Crippen LogP) is -2.66. The van der Waals surface area contributed by atoms with Crippen LogP contribution in [0.4, 0.5) is 0 Å². The van der Waals surface area contributed by atoms with E-state index in [1.165, 1.54) is 12.5 Å². The Morgan fingerprint density at radius 3 is 1.49 bits per heavy atom. The first kappa shape index (κ1) is 50.0. The number of carboxylic acids is 1. The van der Waals surface area contributed by atoms with Crippen molar-refractivity contribution in [3.05, 3.63) is 90.3 Å². The predicted molar refractivity (Wildman–Crippen MR) is 248 cm³/mol. The maximum Gasteiger partial charge on any atom is 0.326 e. The van der Waals surface area contributed by atoms with Gasteiger partial charge in [0.05, 0.1) is 12.9 Å². The zero-order chi connectivity index (χ0) is 48.5. The van der Waals surface area contributed by atoms with Gasteiger partial charge in [0.1, 0.15) is 36.3 Å². The number of hydrogen-bond donors (Lipinski definition) is 15. The van der Waals surface area contributed by atoms with Crippen LogP contribution in [0.1, 0.15) is 42.5 Å². The quantitative estimate of drug-likeness (QED) is 0.0153. The number of aromatic nitrogens is 4. The smallest absolute Gasteiger partial charge is 0.326 e. The van der Waals surface area contributed by atoms with Gasteiger partial charge in [0.2, 0.25) is 29.5 Å². The first-order valence-electron chi connectivity index (χ1n) is 21.4. The number of nitrogens with one attached hydrogen (secondary N) is 8. The molecule has 2 aromatic carbocycles. The first-order chi connectivity index (χ1) is 32.1. The second-order valence-corrected chi connectivity index (χ2v) is 15.7. The number of amides is 5. The highest BCUT2D eigenvalue weighted by molar-refractivity contribution is 5.97. The second-order valence-electron chi connectivity index (χ2n) is 15.7. The number of fused-ring (bicyclic) bond motifs is 2. The van der Waals surface area contributed by atoms with Gasteiger partial charge in [0.15, 0.2) is 11.9 Å². The van der Waals surface area contributed by atoms with E-state index in [0.29, 0.717) is 16.8 Å². The van der Waals surface area contributed by atoms with Crippen LogP contribution in [0, 0.1) is 0 Å². The largest absolute Gasteiger partial charge is 0.480 e. The molecule has 358 valence electrons. The average molecular weight is 927 g/mol. The van der Waals surface area contributed by atoms with Gasteiger partial charge in [-0.3, -0.25) is 34.0 Å². The third-order valence-corrected chi connectivity index (χ3v) is 10.7. The number of carbonyl (C=O) groups is 6. The number of nitrogens with zero attached hydrogens (tertiary/aromatic N) is 3. The lowest BCUT2D eigenvalue weighted by molar-refractivity contribution is -0.142. The van der Waals surface area contributed by atoms with E-state index < -0.39 is 78.4 Å². The van der Waals surface area contributed by atoms with Crippen LogP contribution in [-0.4, -0.2) is 134 Å². The summed E-state index contributed by atoms with van der Waals surface area (Å²) in [6.45, 7) is -0.577. The molecule has 0 saturated heterocycles. The Labute approximate surface area is 383 Å².